The third-order valence-corrected chi connectivity index (χ3v) is 5.03. The number of anilines is 1. The number of carbonyl (C=O) groups excluding carboxylic acids is 1. The average molecular weight is 369 g/mol. The Bertz CT molecular complexity index is 772. The van der Waals surface area contributed by atoms with Gasteiger partial charge in [-0.15, -0.1) is 0 Å². The Hall–Kier alpha value is -2.40. The number of thiocarbonyl (C=S) groups is 1. The molecule has 136 valence electrons. The van der Waals surface area contributed by atoms with Crippen LogP contribution in [0.2, 0.25) is 0 Å². The Morgan fingerprint density at radius 1 is 1.19 bits per heavy atom. The quantitative estimate of drug-likeness (QED) is 0.642. The van der Waals surface area contributed by atoms with Gasteiger partial charge in [0.05, 0.1) is 12.2 Å². The van der Waals surface area contributed by atoms with Gasteiger partial charge >= 0.3 is 5.97 Å². The molecule has 0 saturated carbocycles. The van der Waals surface area contributed by atoms with Crippen LogP contribution in [0, 0.1) is 6.92 Å². The van der Waals surface area contributed by atoms with Gasteiger partial charge in [-0.1, -0.05) is 29.8 Å². The van der Waals surface area contributed by atoms with Gasteiger partial charge in [0, 0.05) is 24.7 Å². The zero-order chi connectivity index (χ0) is 18.5. The molecule has 2 aromatic carbocycles. The molecule has 0 bridgehead atoms. The van der Waals surface area contributed by atoms with E-state index in [2.05, 4.69) is 41.4 Å². The summed E-state index contributed by atoms with van der Waals surface area (Å²) >= 11 is 5.57. The lowest BCUT2D eigenvalue weighted by Gasteiger charge is -2.21. The molecule has 0 aliphatic carbocycles. The number of hydrogen-bond acceptors (Lipinski definition) is 3. The first-order valence-corrected chi connectivity index (χ1v) is 9.37. The summed E-state index contributed by atoms with van der Waals surface area (Å²) in [6, 6.07) is 16.0. The highest BCUT2D eigenvalue weighted by Gasteiger charge is 2.25. The summed E-state index contributed by atoms with van der Waals surface area (Å²) in [5.74, 6) is 0.212. The first kappa shape index (κ1) is 18.4. The summed E-state index contributed by atoms with van der Waals surface area (Å²) in [5.41, 5.74) is 4.08. The molecule has 1 aliphatic heterocycles. The Morgan fingerprint density at radius 3 is 2.54 bits per heavy atom. The molecular weight excluding hydrogens is 344 g/mol. The van der Waals surface area contributed by atoms with E-state index in [1.807, 2.05) is 12.1 Å². The molecule has 0 unspecified atom stereocenters. The van der Waals surface area contributed by atoms with Crippen molar-refractivity contribution in [2.45, 2.75) is 26.2 Å². The van der Waals surface area contributed by atoms with Crippen molar-refractivity contribution < 1.29 is 9.53 Å². The molecule has 5 heteroatoms. The molecule has 0 spiro atoms. The highest BCUT2D eigenvalue weighted by molar-refractivity contribution is 7.80. The summed E-state index contributed by atoms with van der Waals surface area (Å²) in [6.45, 7) is 6.16. The van der Waals surface area contributed by atoms with E-state index < -0.39 is 0 Å². The lowest BCUT2D eigenvalue weighted by atomic mass is 9.98. The van der Waals surface area contributed by atoms with Crippen LogP contribution in [-0.4, -0.2) is 35.7 Å². The smallest absolute Gasteiger partial charge is 0.338 e. The summed E-state index contributed by atoms with van der Waals surface area (Å²) in [5, 5.41) is 3.99. The normalized spacial score (nSPS) is 16.4. The molecule has 0 aromatic heterocycles. The van der Waals surface area contributed by atoms with Gasteiger partial charge in [0.2, 0.25) is 0 Å². The second-order valence-corrected chi connectivity index (χ2v) is 6.96. The molecule has 26 heavy (non-hydrogen) atoms. The number of ether oxygens (including phenoxy) is 1. The van der Waals surface area contributed by atoms with Crippen molar-refractivity contribution in [2.75, 3.05) is 25.0 Å². The van der Waals surface area contributed by atoms with Crippen LogP contribution >= 0.6 is 12.2 Å². The van der Waals surface area contributed by atoms with Crippen LogP contribution in [-0.2, 0) is 4.74 Å². The van der Waals surface area contributed by atoms with Crippen LogP contribution in [0.4, 0.5) is 5.69 Å². The largest absolute Gasteiger partial charge is 0.462 e. The Kier molecular flexibility index (Phi) is 5.89. The first-order chi connectivity index (χ1) is 12.6. The van der Waals surface area contributed by atoms with Crippen molar-refractivity contribution in [1.29, 1.82) is 0 Å². The third-order valence-electron chi connectivity index (χ3n) is 4.67. The predicted octanol–water partition coefficient (Wildman–Crippen LogP) is 4.36. The third kappa shape index (κ3) is 4.41. The summed E-state index contributed by atoms with van der Waals surface area (Å²) in [4.78, 5) is 13.9. The van der Waals surface area contributed by atoms with E-state index in [9.17, 15) is 4.79 Å². The SMILES string of the molecule is CCOC(=O)c1ccc(NC(=S)N2CC[C@H](c3ccc(C)cc3)C2)cc1. The Balaban J connectivity index is 1.57. The van der Waals surface area contributed by atoms with Crippen LogP contribution in [0.5, 0.6) is 0 Å². The standard InChI is InChI=1S/C21H24N2O2S/c1-3-25-20(24)17-8-10-19(11-9-17)22-21(26)23-13-12-18(14-23)16-6-4-15(2)5-7-16/h4-11,18H,3,12-14H2,1-2H3,(H,22,26)/t18-/m0/s1. The molecule has 0 radical (unpaired) electrons. The molecule has 1 saturated heterocycles. The van der Waals surface area contributed by atoms with Gasteiger partial charge in [-0.05, 0) is 62.3 Å². The van der Waals surface area contributed by atoms with Crippen LogP contribution < -0.4 is 5.32 Å². The monoisotopic (exact) mass is 368 g/mol. The topological polar surface area (TPSA) is 41.6 Å². The van der Waals surface area contributed by atoms with Gasteiger partial charge in [-0.2, -0.15) is 0 Å². The number of carbonyl (C=O) groups is 1. The van der Waals surface area contributed by atoms with Gasteiger partial charge in [0.1, 0.15) is 0 Å². The van der Waals surface area contributed by atoms with Crippen LogP contribution in [0.1, 0.15) is 40.7 Å². The Labute approximate surface area is 160 Å². The number of rotatable bonds is 4. The van der Waals surface area contributed by atoms with E-state index in [1.54, 1.807) is 19.1 Å². The number of esters is 1. The second-order valence-electron chi connectivity index (χ2n) is 6.57. The van der Waals surface area contributed by atoms with Crippen molar-refractivity contribution in [3.05, 3.63) is 65.2 Å². The maximum absolute atomic E-state index is 11.7. The summed E-state index contributed by atoms with van der Waals surface area (Å²) in [6.07, 6.45) is 1.10. The highest BCUT2D eigenvalue weighted by atomic mass is 32.1. The number of likely N-dealkylation sites (tertiary alicyclic amines) is 1. The molecule has 1 aliphatic rings. The van der Waals surface area contributed by atoms with Crippen LogP contribution in [0.3, 0.4) is 0 Å². The van der Waals surface area contributed by atoms with Crippen LogP contribution in [0.15, 0.2) is 48.5 Å². The molecule has 1 heterocycles. The number of hydrogen-bond donors (Lipinski definition) is 1. The van der Waals surface area contributed by atoms with Gasteiger partial charge in [-0.25, -0.2) is 4.79 Å². The van der Waals surface area contributed by atoms with E-state index >= 15 is 0 Å². The van der Waals surface area contributed by atoms with Crippen LogP contribution in [0.25, 0.3) is 0 Å². The van der Waals surface area contributed by atoms with Crippen molar-refractivity contribution in [2.24, 2.45) is 0 Å². The maximum atomic E-state index is 11.7. The molecule has 1 atom stereocenters. The van der Waals surface area contributed by atoms with Gasteiger partial charge in [0.15, 0.2) is 5.11 Å². The fraction of sp³-hybridized carbons (Fsp3) is 0.333. The van der Waals surface area contributed by atoms with Gasteiger partial charge < -0.3 is 15.0 Å². The molecule has 1 fully saturated rings. The van der Waals surface area contributed by atoms with Crippen molar-refractivity contribution in [1.82, 2.24) is 4.90 Å². The fourth-order valence-corrected chi connectivity index (χ4v) is 3.45. The zero-order valence-electron chi connectivity index (χ0n) is 15.2. The molecule has 2 aromatic rings. The first-order valence-electron chi connectivity index (χ1n) is 8.96. The van der Waals surface area contributed by atoms with E-state index in [1.165, 1.54) is 11.1 Å². The average Bonchev–Trinajstić information content (AvgIpc) is 3.13. The number of aryl methyl sites for hydroxylation is 1. The fourth-order valence-electron chi connectivity index (χ4n) is 3.16. The van der Waals surface area contributed by atoms with E-state index in [0.717, 1.165) is 30.3 Å². The van der Waals surface area contributed by atoms with E-state index in [0.29, 0.717) is 18.1 Å². The second kappa shape index (κ2) is 8.32. The number of benzene rings is 2. The number of nitrogens with one attached hydrogen (secondary N) is 1. The molecule has 4 nitrogen and oxygen atoms in total. The number of nitrogens with zero attached hydrogens (tertiary/aromatic N) is 1. The van der Waals surface area contributed by atoms with Crippen molar-refractivity contribution in [3.8, 4) is 0 Å². The lowest BCUT2D eigenvalue weighted by molar-refractivity contribution is 0.0526. The maximum Gasteiger partial charge on any atom is 0.338 e. The Morgan fingerprint density at radius 2 is 1.88 bits per heavy atom. The van der Waals surface area contributed by atoms with E-state index in [-0.39, 0.29) is 5.97 Å². The van der Waals surface area contributed by atoms with Crippen molar-refractivity contribution >= 4 is 29.0 Å². The minimum atomic E-state index is -0.304. The lowest BCUT2D eigenvalue weighted by Crippen LogP contribution is -2.32. The summed E-state index contributed by atoms with van der Waals surface area (Å²) < 4.78 is 5.00. The van der Waals surface area contributed by atoms with E-state index in [4.69, 9.17) is 17.0 Å². The molecule has 3 rings (SSSR count). The van der Waals surface area contributed by atoms with Gasteiger partial charge in [0.25, 0.3) is 0 Å². The minimum Gasteiger partial charge on any atom is -0.462 e. The molecule has 1 N–H and O–H groups in total. The summed E-state index contributed by atoms with van der Waals surface area (Å²) in [7, 11) is 0. The zero-order valence-corrected chi connectivity index (χ0v) is 16.0. The van der Waals surface area contributed by atoms with Crippen molar-refractivity contribution in [3.63, 3.8) is 0 Å². The molecule has 0 amide bonds. The highest BCUT2D eigenvalue weighted by Crippen LogP contribution is 2.28. The molecular formula is C21H24N2O2S. The minimum absolute atomic E-state index is 0.304. The predicted molar refractivity (Wildman–Crippen MR) is 109 cm³/mol. The van der Waals surface area contributed by atoms with Gasteiger partial charge in [-0.3, -0.25) is 0 Å².